The third-order valence-corrected chi connectivity index (χ3v) is 4.91. The number of nitrogens with one attached hydrogen (secondary N) is 1. The number of aryl methyl sites for hydroxylation is 3. The summed E-state index contributed by atoms with van der Waals surface area (Å²) in [4.78, 5) is 31.3. The van der Waals surface area contributed by atoms with E-state index in [1.807, 2.05) is 18.7 Å². The Morgan fingerprint density at radius 2 is 2.13 bits per heavy atom. The van der Waals surface area contributed by atoms with Crippen LogP contribution in [-0.4, -0.2) is 38.7 Å². The summed E-state index contributed by atoms with van der Waals surface area (Å²) in [7, 11) is 1.68. The van der Waals surface area contributed by atoms with E-state index in [0.717, 1.165) is 36.3 Å². The smallest absolute Gasteiger partial charge is 0.276 e. The minimum atomic E-state index is -0.0923. The molecule has 1 atom stereocenters. The van der Waals surface area contributed by atoms with Gasteiger partial charge in [-0.25, -0.2) is 4.98 Å². The van der Waals surface area contributed by atoms with Crippen LogP contribution >= 0.6 is 0 Å². The van der Waals surface area contributed by atoms with Gasteiger partial charge < -0.3 is 4.90 Å². The number of aromatic amines is 1. The summed E-state index contributed by atoms with van der Waals surface area (Å²) in [6, 6.07) is 0. The summed E-state index contributed by atoms with van der Waals surface area (Å²) in [6.45, 7) is 7.67. The summed E-state index contributed by atoms with van der Waals surface area (Å²) in [5.74, 6) is 0.698. The predicted molar refractivity (Wildman–Crippen MR) is 89.5 cm³/mol. The molecule has 2 aromatic rings. The van der Waals surface area contributed by atoms with Crippen molar-refractivity contribution in [3.63, 3.8) is 0 Å². The van der Waals surface area contributed by atoms with E-state index in [4.69, 9.17) is 0 Å². The molecule has 0 aromatic carbocycles. The fourth-order valence-corrected chi connectivity index (χ4v) is 3.55. The van der Waals surface area contributed by atoms with Gasteiger partial charge in [0.25, 0.3) is 5.56 Å². The van der Waals surface area contributed by atoms with Gasteiger partial charge in [0, 0.05) is 25.8 Å². The van der Waals surface area contributed by atoms with Gasteiger partial charge in [-0.3, -0.25) is 19.4 Å². The van der Waals surface area contributed by atoms with Crippen LogP contribution in [0.15, 0.2) is 4.79 Å². The number of rotatable bonds is 2. The van der Waals surface area contributed by atoms with E-state index in [-0.39, 0.29) is 11.5 Å². The maximum absolute atomic E-state index is 12.7. The van der Waals surface area contributed by atoms with Crippen molar-refractivity contribution in [2.45, 2.75) is 40.0 Å². The number of likely N-dealkylation sites (tertiary alicyclic amines) is 1. The number of piperidine rings is 1. The van der Waals surface area contributed by atoms with Crippen LogP contribution in [0.3, 0.4) is 0 Å². The molecule has 2 aromatic heterocycles. The lowest BCUT2D eigenvalue weighted by Gasteiger charge is -2.31. The zero-order valence-corrected chi connectivity index (χ0v) is 14.3. The van der Waals surface area contributed by atoms with Gasteiger partial charge in [0.15, 0.2) is 5.65 Å². The molecule has 23 heavy (non-hydrogen) atoms. The van der Waals surface area contributed by atoms with E-state index in [1.54, 1.807) is 7.05 Å². The molecule has 3 heterocycles. The largest absolute Gasteiger partial charge is 0.342 e. The first-order chi connectivity index (χ1) is 10.9. The Labute approximate surface area is 135 Å². The van der Waals surface area contributed by atoms with Crippen molar-refractivity contribution >= 4 is 16.9 Å². The van der Waals surface area contributed by atoms with Crippen molar-refractivity contribution in [1.82, 2.24) is 19.7 Å². The third kappa shape index (κ3) is 2.78. The van der Waals surface area contributed by atoms with Crippen LogP contribution in [0, 0.1) is 19.8 Å². The topological polar surface area (TPSA) is 71.0 Å². The molecule has 0 bridgehead atoms. The van der Waals surface area contributed by atoms with Crippen molar-refractivity contribution in [2.24, 2.45) is 13.0 Å². The predicted octanol–water partition coefficient (Wildman–Crippen LogP) is 1.68. The number of carbonyl (C=O) groups excluding carboxylic acids is 1. The zero-order valence-electron chi connectivity index (χ0n) is 14.3. The minimum absolute atomic E-state index is 0.0923. The molecule has 0 unspecified atom stereocenters. The first-order valence-electron chi connectivity index (χ1n) is 8.21. The Hall–Kier alpha value is -2.11. The lowest BCUT2D eigenvalue weighted by atomic mass is 9.98. The number of hydrogen-bond acceptors (Lipinski definition) is 3. The Morgan fingerprint density at radius 3 is 2.83 bits per heavy atom. The molecule has 1 fully saturated rings. The van der Waals surface area contributed by atoms with Crippen molar-refractivity contribution in [2.75, 3.05) is 13.1 Å². The molecule has 124 valence electrons. The molecule has 0 radical (unpaired) electrons. The fourth-order valence-electron chi connectivity index (χ4n) is 3.55. The number of hydrogen-bond donors (Lipinski definition) is 1. The van der Waals surface area contributed by atoms with Gasteiger partial charge in [-0.1, -0.05) is 6.92 Å². The molecule has 0 saturated carbocycles. The lowest BCUT2D eigenvalue weighted by molar-refractivity contribution is -0.132. The summed E-state index contributed by atoms with van der Waals surface area (Å²) in [5, 5.41) is 3.55. The fraction of sp³-hybridized carbons (Fsp3) is 0.588. The van der Waals surface area contributed by atoms with Gasteiger partial charge >= 0.3 is 0 Å². The molecule has 0 spiro atoms. The number of nitrogens with zero attached hydrogens (tertiary/aromatic N) is 3. The second kappa shape index (κ2) is 5.83. The molecule has 6 heteroatoms. The highest BCUT2D eigenvalue weighted by Crippen LogP contribution is 2.22. The van der Waals surface area contributed by atoms with Crippen LogP contribution in [0.1, 0.15) is 36.6 Å². The van der Waals surface area contributed by atoms with Gasteiger partial charge in [-0.05, 0) is 43.7 Å². The van der Waals surface area contributed by atoms with Crippen molar-refractivity contribution < 1.29 is 4.79 Å². The van der Waals surface area contributed by atoms with E-state index in [9.17, 15) is 9.59 Å². The molecule has 1 saturated heterocycles. The number of pyridine rings is 1. The number of aromatic nitrogens is 3. The van der Waals surface area contributed by atoms with Crippen LogP contribution in [0.5, 0.6) is 0 Å². The summed E-state index contributed by atoms with van der Waals surface area (Å²) < 4.78 is 1.43. The Morgan fingerprint density at radius 1 is 1.39 bits per heavy atom. The number of carbonyl (C=O) groups is 1. The highest BCUT2D eigenvalue weighted by Gasteiger charge is 2.23. The molecule has 0 aliphatic carbocycles. The van der Waals surface area contributed by atoms with Gasteiger partial charge in [0.1, 0.15) is 0 Å². The number of fused-ring (bicyclic) bond motifs is 1. The SMILES string of the molecule is Cc1nc2[nH]n(C)c(=O)c2c(C)c1CC(=O)N1CCC[C@@H](C)C1. The third-order valence-electron chi connectivity index (χ3n) is 4.91. The van der Waals surface area contributed by atoms with Crippen LogP contribution in [0.4, 0.5) is 0 Å². The standard InChI is InChI=1S/C17H24N4O2/c1-10-6-5-7-21(9-10)14(22)8-13-11(2)15-16(18-12(13)3)19-20(4)17(15)23/h10H,5-9H2,1-4H3,(H,18,19)/t10-/m1/s1. The highest BCUT2D eigenvalue weighted by atomic mass is 16.2. The molecule has 3 rings (SSSR count). The molecule has 6 nitrogen and oxygen atoms in total. The van der Waals surface area contributed by atoms with E-state index in [2.05, 4.69) is 17.0 Å². The average molecular weight is 316 g/mol. The Balaban J connectivity index is 1.95. The molecular weight excluding hydrogens is 292 g/mol. The van der Waals surface area contributed by atoms with Gasteiger partial charge in [0.05, 0.1) is 11.8 Å². The monoisotopic (exact) mass is 316 g/mol. The summed E-state index contributed by atoms with van der Waals surface area (Å²) >= 11 is 0. The minimum Gasteiger partial charge on any atom is -0.342 e. The molecule has 1 aliphatic rings. The van der Waals surface area contributed by atoms with Gasteiger partial charge in [-0.2, -0.15) is 0 Å². The van der Waals surface area contributed by atoms with Crippen molar-refractivity contribution in [1.29, 1.82) is 0 Å². The number of amides is 1. The summed E-state index contributed by atoms with van der Waals surface area (Å²) in [6.07, 6.45) is 2.58. The van der Waals surface area contributed by atoms with Crippen LogP contribution in [0.25, 0.3) is 11.0 Å². The first kappa shape index (κ1) is 15.8. The Kier molecular flexibility index (Phi) is 4.00. The molecular formula is C17H24N4O2. The lowest BCUT2D eigenvalue weighted by Crippen LogP contribution is -2.40. The van der Waals surface area contributed by atoms with Crippen LogP contribution in [-0.2, 0) is 18.3 Å². The van der Waals surface area contributed by atoms with E-state index in [0.29, 0.717) is 23.4 Å². The molecule has 1 amide bonds. The maximum Gasteiger partial charge on any atom is 0.276 e. The second-order valence-corrected chi connectivity index (χ2v) is 6.76. The van der Waals surface area contributed by atoms with Crippen molar-refractivity contribution in [3.05, 3.63) is 27.2 Å². The Bertz CT molecular complexity index is 818. The van der Waals surface area contributed by atoms with E-state index < -0.39 is 0 Å². The number of H-pyrrole nitrogens is 1. The highest BCUT2D eigenvalue weighted by molar-refractivity contribution is 5.84. The van der Waals surface area contributed by atoms with Crippen molar-refractivity contribution in [3.8, 4) is 0 Å². The second-order valence-electron chi connectivity index (χ2n) is 6.76. The molecule has 1 aliphatic heterocycles. The van der Waals surface area contributed by atoms with E-state index >= 15 is 0 Å². The summed E-state index contributed by atoms with van der Waals surface area (Å²) in [5.41, 5.74) is 3.07. The van der Waals surface area contributed by atoms with Gasteiger partial charge in [0.2, 0.25) is 5.91 Å². The normalized spacial score (nSPS) is 18.6. The zero-order chi connectivity index (χ0) is 16.7. The van der Waals surface area contributed by atoms with Crippen LogP contribution < -0.4 is 5.56 Å². The van der Waals surface area contributed by atoms with Gasteiger partial charge in [-0.15, -0.1) is 0 Å². The maximum atomic E-state index is 12.7. The van der Waals surface area contributed by atoms with Crippen LogP contribution in [0.2, 0.25) is 0 Å². The quantitative estimate of drug-likeness (QED) is 0.916. The average Bonchev–Trinajstić information content (AvgIpc) is 2.78. The molecule has 1 N–H and O–H groups in total. The van der Waals surface area contributed by atoms with E-state index in [1.165, 1.54) is 11.1 Å². The first-order valence-corrected chi connectivity index (χ1v) is 8.21.